The van der Waals surface area contributed by atoms with Crippen molar-refractivity contribution in [1.82, 2.24) is 5.43 Å². The fraction of sp³-hybridized carbons (Fsp3) is 0.185. The molecule has 3 aromatic carbocycles. The Kier molecular flexibility index (Phi) is 6.74. The number of carbonyl (C=O) groups is 2. The first kappa shape index (κ1) is 22.1. The Morgan fingerprint density at radius 3 is 2.15 bits per heavy atom. The number of hydrogen-bond donors (Lipinski definition) is 1. The molecule has 0 spiro atoms. The predicted molar refractivity (Wildman–Crippen MR) is 127 cm³/mol. The average molecular weight is 443 g/mol. The summed E-state index contributed by atoms with van der Waals surface area (Å²) in [6.07, 6.45) is 3.20. The molecule has 33 heavy (non-hydrogen) atoms. The third-order valence-electron chi connectivity index (χ3n) is 5.63. The van der Waals surface area contributed by atoms with Crippen molar-refractivity contribution >= 4 is 28.8 Å². The van der Waals surface area contributed by atoms with Gasteiger partial charge in [-0.1, -0.05) is 54.6 Å². The van der Waals surface area contributed by atoms with Gasteiger partial charge in [-0.25, -0.2) is 4.79 Å². The van der Waals surface area contributed by atoms with E-state index in [0.29, 0.717) is 18.6 Å². The fourth-order valence-corrected chi connectivity index (χ4v) is 4.16. The molecule has 0 heterocycles. The van der Waals surface area contributed by atoms with Gasteiger partial charge in [-0.15, -0.1) is 0 Å². The Morgan fingerprint density at radius 1 is 0.939 bits per heavy atom. The lowest BCUT2D eigenvalue weighted by molar-refractivity contribution is -0.211. The molecular weight excluding hydrogens is 416 g/mol. The number of allylic oxidation sites excluding steroid dienone is 1. The lowest BCUT2D eigenvalue weighted by Gasteiger charge is -2.31. The maximum absolute atomic E-state index is 13.5. The van der Waals surface area contributed by atoms with Crippen LogP contribution in [0.5, 0.6) is 5.75 Å². The number of carbonyl (C=O) groups excluding carboxylic acids is 2. The molecule has 1 amide bonds. The van der Waals surface area contributed by atoms with E-state index >= 15 is 0 Å². The van der Waals surface area contributed by atoms with E-state index in [0.717, 1.165) is 28.1 Å². The van der Waals surface area contributed by atoms with Crippen molar-refractivity contribution in [3.8, 4) is 5.75 Å². The van der Waals surface area contributed by atoms with Crippen molar-refractivity contribution in [3.05, 3.63) is 96.1 Å². The first-order valence-corrected chi connectivity index (χ1v) is 10.9. The molecule has 0 radical (unpaired) electrons. The number of benzene rings is 3. The second-order valence-corrected chi connectivity index (χ2v) is 7.76. The van der Waals surface area contributed by atoms with E-state index in [4.69, 9.17) is 9.78 Å². The van der Waals surface area contributed by atoms with E-state index in [1.165, 1.54) is 6.92 Å². The zero-order valence-electron chi connectivity index (χ0n) is 18.7. The van der Waals surface area contributed by atoms with Crippen LogP contribution in [0, 0.1) is 5.92 Å². The smallest absolute Gasteiger partial charge is 0.287 e. The molecule has 1 atom stereocenters. The van der Waals surface area contributed by atoms with Crippen LogP contribution in [-0.4, -0.2) is 11.9 Å². The highest BCUT2D eigenvalue weighted by atomic mass is 17.2. The van der Waals surface area contributed by atoms with Crippen molar-refractivity contribution in [2.45, 2.75) is 26.7 Å². The van der Waals surface area contributed by atoms with Crippen LogP contribution in [0.25, 0.3) is 5.57 Å². The van der Waals surface area contributed by atoms with Gasteiger partial charge >= 0.3 is 5.97 Å². The Labute approximate surface area is 193 Å². The second-order valence-electron chi connectivity index (χ2n) is 7.76. The van der Waals surface area contributed by atoms with Crippen molar-refractivity contribution in [1.29, 1.82) is 0 Å². The molecule has 0 aromatic heterocycles. The van der Waals surface area contributed by atoms with Gasteiger partial charge in [0.15, 0.2) is 5.75 Å². The number of anilines is 2. The lowest BCUT2D eigenvalue weighted by Crippen LogP contribution is -2.43. The number of nitrogens with one attached hydrogen (secondary N) is 1. The summed E-state index contributed by atoms with van der Waals surface area (Å²) >= 11 is 0. The second kappa shape index (κ2) is 10.0. The molecule has 6 nitrogen and oxygen atoms in total. The molecule has 0 saturated heterocycles. The Hall–Kier alpha value is -4.06. The van der Waals surface area contributed by atoms with Crippen LogP contribution in [0.3, 0.4) is 0 Å². The molecule has 0 fully saturated rings. The summed E-state index contributed by atoms with van der Waals surface area (Å²) in [6.45, 7) is 3.22. The summed E-state index contributed by atoms with van der Waals surface area (Å²) < 4.78 is 0. The summed E-state index contributed by atoms with van der Waals surface area (Å²) in [5, 5.41) is 1.81. The highest BCUT2D eigenvalue weighted by Crippen LogP contribution is 2.40. The van der Waals surface area contributed by atoms with E-state index in [-0.39, 0.29) is 11.8 Å². The highest BCUT2D eigenvalue weighted by molar-refractivity contribution is 5.95. The van der Waals surface area contributed by atoms with Crippen molar-refractivity contribution < 1.29 is 19.4 Å². The average Bonchev–Trinajstić information content (AvgIpc) is 2.86. The zero-order chi connectivity index (χ0) is 23.2. The largest absolute Gasteiger partial charge is 0.352 e. The number of nitrogens with zero attached hydrogens (tertiary/aromatic N) is 1. The number of fused-ring (bicyclic) bond motifs is 1. The minimum Gasteiger partial charge on any atom is -0.287 e. The van der Waals surface area contributed by atoms with Gasteiger partial charge in [-0.05, 0) is 61.2 Å². The molecule has 6 heteroatoms. The number of amides is 1. The van der Waals surface area contributed by atoms with Crippen LogP contribution in [0.1, 0.15) is 31.4 Å². The highest BCUT2D eigenvalue weighted by Gasteiger charge is 2.32. The number of hydrazine groups is 1. The van der Waals surface area contributed by atoms with Gasteiger partial charge in [0.05, 0.1) is 17.3 Å². The van der Waals surface area contributed by atoms with Gasteiger partial charge < -0.3 is 0 Å². The molecule has 0 bridgehead atoms. The van der Waals surface area contributed by atoms with Gasteiger partial charge in [0.2, 0.25) is 5.91 Å². The van der Waals surface area contributed by atoms with Gasteiger partial charge in [0, 0.05) is 12.5 Å². The Morgan fingerprint density at radius 2 is 1.58 bits per heavy atom. The van der Waals surface area contributed by atoms with Crippen LogP contribution >= 0.6 is 0 Å². The first-order chi connectivity index (χ1) is 16.1. The fourth-order valence-electron chi connectivity index (χ4n) is 4.16. The van der Waals surface area contributed by atoms with Gasteiger partial charge in [-0.3, -0.25) is 25.0 Å². The molecule has 3 aromatic rings. The van der Waals surface area contributed by atoms with Crippen LogP contribution in [0.4, 0.5) is 11.4 Å². The SMILES string of the molecule is C/C=C1/c2cccc(OOC(C)=O)c2CCC1C(=O)NN(c1ccccc1)c1ccccc1. The minimum absolute atomic E-state index is 0.0900. The van der Waals surface area contributed by atoms with Crippen LogP contribution in [0.2, 0.25) is 0 Å². The van der Waals surface area contributed by atoms with E-state index < -0.39 is 5.97 Å². The molecule has 1 unspecified atom stereocenters. The lowest BCUT2D eigenvalue weighted by atomic mass is 9.78. The van der Waals surface area contributed by atoms with Gasteiger partial charge in [0.25, 0.3) is 0 Å². The first-order valence-electron chi connectivity index (χ1n) is 10.9. The molecule has 1 N–H and O–H groups in total. The maximum atomic E-state index is 13.5. The molecule has 0 aliphatic heterocycles. The third kappa shape index (κ3) is 4.90. The topological polar surface area (TPSA) is 67.9 Å². The molecular formula is C27H26N2O4. The van der Waals surface area contributed by atoms with Gasteiger partial charge in [-0.2, -0.15) is 0 Å². The molecule has 168 valence electrons. The predicted octanol–water partition coefficient (Wildman–Crippen LogP) is 5.38. The summed E-state index contributed by atoms with van der Waals surface area (Å²) in [4.78, 5) is 34.7. The normalized spacial score (nSPS) is 15.9. The number of hydrogen-bond acceptors (Lipinski definition) is 5. The minimum atomic E-state index is -0.520. The van der Waals surface area contributed by atoms with Crippen LogP contribution in [-0.2, 0) is 20.9 Å². The van der Waals surface area contributed by atoms with E-state index in [2.05, 4.69) is 5.43 Å². The maximum Gasteiger partial charge on any atom is 0.352 e. The Balaban J connectivity index is 1.61. The molecule has 4 rings (SSSR count). The van der Waals surface area contributed by atoms with Crippen molar-refractivity contribution in [2.24, 2.45) is 5.92 Å². The van der Waals surface area contributed by atoms with Crippen LogP contribution in [0.15, 0.2) is 84.9 Å². The standard InChI is InChI=1S/C27H26N2O4/c1-3-22-23-15-10-16-26(33-32-19(2)30)24(23)17-18-25(22)27(31)28-29(20-11-6-4-7-12-20)21-13-8-5-9-14-21/h3-16,25H,17-18H2,1-2H3,(H,28,31)/b22-3-. The molecule has 1 aliphatic carbocycles. The quantitative estimate of drug-likeness (QED) is 0.410. The van der Waals surface area contributed by atoms with Crippen molar-refractivity contribution in [2.75, 3.05) is 5.01 Å². The van der Waals surface area contributed by atoms with Crippen LogP contribution < -0.4 is 15.3 Å². The van der Waals surface area contributed by atoms with Crippen molar-refractivity contribution in [3.63, 3.8) is 0 Å². The summed E-state index contributed by atoms with van der Waals surface area (Å²) in [6, 6.07) is 25.0. The van der Waals surface area contributed by atoms with Gasteiger partial charge in [0.1, 0.15) is 0 Å². The third-order valence-corrected chi connectivity index (χ3v) is 5.63. The summed E-state index contributed by atoms with van der Waals surface area (Å²) in [7, 11) is 0. The Bertz CT molecular complexity index is 1120. The summed E-state index contributed by atoms with van der Waals surface area (Å²) in [5.74, 6) is -0.445. The summed E-state index contributed by atoms with van der Waals surface area (Å²) in [5.41, 5.74) is 7.64. The number of rotatable bonds is 6. The number of para-hydroxylation sites is 2. The van der Waals surface area contributed by atoms with E-state index in [9.17, 15) is 9.59 Å². The molecule has 1 aliphatic rings. The zero-order valence-corrected chi connectivity index (χ0v) is 18.7. The van der Waals surface area contributed by atoms with E-state index in [1.54, 1.807) is 6.07 Å². The molecule has 0 saturated carbocycles. The monoisotopic (exact) mass is 442 g/mol. The van der Waals surface area contributed by atoms with E-state index in [1.807, 2.05) is 90.8 Å².